The summed E-state index contributed by atoms with van der Waals surface area (Å²) in [6, 6.07) is 13.1. The molecule has 3 rings (SSSR count). The minimum Gasteiger partial charge on any atom is -0.381 e. The summed E-state index contributed by atoms with van der Waals surface area (Å²) in [5, 5.41) is 4.72. The van der Waals surface area contributed by atoms with Crippen molar-refractivity contribution in [3.05, 3.63) is 68.7 Å². The molecule has 1 amide bonds. The third-order valence-electron chi connectivity index (χ3n) is 4.86. The molecule has 1 N–H and O–H groups in total. The van der Waals surface area contributed by atoms with Crippen molar-refractivity contribution in [2.24, 2.45) is 0 Å². The number of halogens is 3. The number of amides is 1. The Bertz CT molecular complexity index is 788. The fourth-order valence-electron chi connectivity index (χ4n) is 3.31. The van der Waals surface area contributed by atoms with Gasteiger partial charge in [0.05, 0.1) is 16.5 Å². The zero-order valence-electron chi connectivity index (χ0n) is 14.2. The molecule has 2 aromatic rings. The first-order chi connectivity index (χ1) is 12.5. The fourth-order valence-corrected chi connectivity index (χ4v) is 3.82. The zero-order valence-corrected chi connectivity index (χ0v) is 16.5. The number of carbonyl (C=O) groups is 1. The number of rotatable bonds is 5. The van der Waals surface area contributed by atoms with Gasteiger partial charge >= 0.3 is 0 Å². The van der Waals surface area contributed by atoms with Gasteiger partial charge in [0, 0.05) is 30.2 Å². The molecule has 6 heteroatoms. The quantitative estimate of drug-likeness (QED) is 0.746. The number of ether oxygens (including phenoxy) is 1. The molecule has 1 fully saturated rings. The summed E-state index contributed by atoms with van der Waals surface area (Å²) in [6.07, 6.45) is 1.96. The molecule has 0 radical (unpaired) electrons. The molecular formula is C20H20Cl3NO2. The largest absolute Gasteiger partial charge is 0.381 e. The molecule has 3 nitrogen and oxygen atoms in total. The molecule has 0 unspecified atom stereocenters. The van der Waals surface area contributed by atoms with E-state index in [-0.39, 0.29) is 17.7 Å². The summed E-state index contributed by atoms with van der Waals surface area (Å²) < 4.78 is 5.53. The Morgan fingerprint density at radius 1 is 1.04 bits per heavy atom. The lowest BCUT2D eigenvalue weighted by Gasteiger charge is -2.38. The minimum atomic E-state index is -0.156. The monoisotopic (exact) mass is 411 g/mol. The second-order valence-electron chi connectivity index (χ2n) is 6.61. The van der Waals surface area contributed by atoms with Gasteiger partial charge in [-0.3, -0.25) is 4.79 Å². The maximum atomic E-state index is 12.4. The molecular weight excluding hydrogens is 393 g/mol. The van der Waals surface area contributed by atoms with Crippen molar-refractivity contribution in [3.8, 4) is 0 Å². The Balaban J connectivity index is 1.69. The summed E-state index contributed by atoms with van der Waals surface area (Å²) in [5.41, 5.74) is 1.82. The van der Waals surface area contributed by atoms with Gasteiger partial charge in [0.15, 0.2) is 0 Å². The maximum absolute atomic E-state index is 12.4. The van der Waals surface area contributed by atoms with Crippen LogP contribution in [0.15, 0.2) is 42.5 Å². The Hall–Kier alpha value is -1.26. The van der Waals surface area contributed by atoms with Crippen LogP contribution >= 0.6 is 34.8 Å². The molecule has 138 valence electrons. The van der Waals surface area contributed by atoms with E-state index < -0.39 is 0 Å². The SMILES string of the molecule is O=C(Cc1ccc(Cl)c(Cl)c1)NCC1(c2cccc(Cl)c2)CCOCC1. The lowest BCUT2D eigenvalue weighted by Crippen LogP contribution is -2.45. The molecule has 0 saturated carbocycles. The molecule has 0 atom stereocenters. The van der Waals surface area contributed by atoms with Crippen LogP contribution in [0.25, 0.3) is 0 Å². The highest BCUT2D eigenvalue weighted by Crippen LogP contribution is 2.35. The van der Waals surface area contributed by atoms with Gasteiger partial charge in [0.2, 0.25) is 5.91 Å². The Labute approximate surface area is 168 Å². The Kier molecular flexibility index (Phi) is 6.46. The van der Waals surface area contributed by atoms with Crippen molar-refractivity contribution in [1.82, 2.24) is 5.32 Å². The van der Waals surface area contributed by atoms with Crippen molar-refractivity contribution in [2.45, 2.75) is 24.7 Å². The molecule has 26 heavy (non-hydrogen) atoms. The van der Waals surface area contributed by atoms with Gasteiger partial charge in [-0.1, -0.05) is 53.0 Å². The first kappa shape index (κ1) is 19.5. The second-order valence-corrected chi connectivity index (χ2v) is 7.86. The Morgan fingerprint density at radius 3 is 2.50 bits per heavy atom. The average molecular weight is 413 g/mol. The van der Waals surface area contributed by atoms with Crippen molar-refractivity contribution >= 4 is 40.7 Å². The molecule has 1 aliphatic heterocycles. The van der Waals surface area contributed by atoms with E-state index in [9.17, 15) is 4.79 Å². The van der Waals surface area contributed by atoms with E-state index in [1.165, 1.54) is 0 Å². The van der Waals surface area contributed by atoms with Crippen LogP contribution in [0.5, 0.6) is 0 Å². The van der Waals surface area contributed by atoms with Crippen LogP contribution < -0.4 is 5.32 Å². The topological polar surface area (TPSA) is 38.3 Å². The molecule has 0 aliphatic carbocycles. The van der Waals surface area contributed by atoms with Gasteiger partial charge < -0.3 is 10.1 Å². The van der Waals surface area contributed by atoms with Crippen LogP contribution in [-0.2, 0) is 21.4 Å². The van der Waals surface area contributed by atoms with Gasteiger partial charge in [-0.05, 0) is 48.2 Å². The summed E-state index contributed by atoms with van der Waals surface area (Å²) in [6.45, 7) is 1.90. The normalized spacial score (nSPS) is 16.3. The van der Waals surface area contributed by atoms with Crippen molar-refractivity contribution < 1.29 is 9.53 Å². The van der Waals surface area contributed by atoms with Crippen molar-refractivity contribution in [1.29, 1.82) is 0 Å². The highest BCUT2D eigenvalue weighted by molar-refractivity contribution is 6.42. The zero-order chi connectivity index (χ0) is 18.6. The molecule has 0 aromatic heterocycles. The van der Waals surface area contributed by atoms with Gasteiger partial charge in [-0.25, -0.2) is 0 Å². The lowest BCUT2D eigenvalue weighted by molar-refractivity contribution is -0.120. The second kappa shape index (κ2) is 8.62. The maximum Gasteiger partial charge on any atom is 0.224 e. The number of hydrogen-bond acceptors (Lipinski definition) is 2. The third kappa shape index (κ3) is 4.72. The van der Waals surface area contributed by atoms with Gasteiger partial charge in [-0.2, -0.15) is 0 Å². The molecule has 0 bridgehead atoms. The van der Waals surface area contributed by atoms with Gasteiger partial charge in [0.25, 0.3) is 0 Å². The summed E-state index contributed by atoms with van der Waals surface area (Å²) >= 11 is 18.1. The Morgan fingerprint density at radius 2 is 1.81 bits per heavy atom. The summed E-state index contributed by atoms with van der Waals surface area (Å²) in [5.74, 6) is -0.0451. The summed E-state index contributed by atoms with van der Waals surface area (Å²) in [7, 11) is 0. The number of nitrogens with one attached hydrogen (secondary N) is 1. The first-order valence-electron chi connectivity index (χ1n) is 8.53. The highest BCUT2D eigenvalue weighted by atomic mass is 35.5. The van der Waals surface area contributed by atoms with Crippen LogP contribution in [0, 0.1) is 0 Å². The smallest absolute Gasteiger partial charge is 0.224 e. The first-order valence-corrected chi connectivity index (χ1v) is 9.66. The van der Waals surface area contributed by atoms with E-state index >= 15 is 0 Å². The van der Waals surface area contributed by atoms with E-state index in [1.54, 1.807) is 12.1 Å². The summed E-state index contributed by atoms with van der Waals surface area (Å²) in [4.78, 5) is 12.4. The van der Waals surface area contributed by atoms with Crippen LogP contribution in [0.4, 0.5) is 0 Å². The predicted octanol–water partition coefficient (Wildman–Crippen LogP) is 5.05. The van der Waals surface area contributed by atoms with E-state index in [4.69, 9.17) is 39.5 Å². The number of carbonyl (C=O) groups excluding carboxylic acids is 1. The van der Waals surface area contributed by atoms with E-state index in [1.807, 2.05) is 24.3 Å². The fraction of sp³-hybridized carbons (Fsp3) is 0.350. The van der Waals surface area contributed by atoms with E-state index in [2.05, 4.69) is 11.4 Å². The molecule has 2 aromatic carbocycles. The highest BCUT2D eigenvalue weighted by Gasteiger charge is 2.35. The van der Waals surface area contributed by atoms with Gasteiger partial charge in [-0.15, -0.1) is 0 Å². The number of hydrogen-bond donors (Lipinski definition) is 1. The molecule has 0 spiro atoms. The van der Waals surface area contributed by atoms with Crippen LogP contribution in [0.2, 0.25) is 15.1 Å². The van der Waals surface area contributed by atoms with Crippen LogP contribution in [0.1, 0.15) is 24.0 Å². The van der Waals surface area contributed by atoms with E-state index in [0.29, 0.717) is 34.8 Å². The van der Waals surface area contributed by atoms with Crippen molar-refractivity contribution in [2.75, 3.05) is 19.8 Å². The van der Waals surface area contributed by atoms with Crippen LogP contribution in [-0.4, -0.2) is 25.7 Å². The third-order valence-corrected chi connectivity index (χ3v) is 5.83. The van der Waals surface area contributed by atoms with E-state index in [0.717, 1.165) is 24.0 Å². The lowest BCUT2D eigenvalue weighted by atomic mass is 9.74. The predicted molar refractivity (Wildman–Crippen MR) is 106 cm³/mol. The van der Waals surface area contributed by atoms with Crippen molar-refractivity contribution in [3.63, 3.8) is 0 Å². The van der Waals surface area contributed by atoms with Gasteiger partial charge in [0.1, 0.15) is 0 Å². The number of benzene rings is 2. The van der Waals surface area contributed by atoms with Crippen LogP contribution in [0.3, 0.4) is 0 Å². The average Bonchev–Trinajstić information content (AvgIpc) is 2.64. The minimum absolute atomic E-state index is 0.0451. The standard InChI is InChI=1S/C20H20Cl3NO2/c21-16-3-1-2-15(12-16)20(6-8-26-9-7-20)13-24-19(25)11-14-4-5-17(22)18(23)10-14/h1-5,10,12H,6-9,11,13H2,(H,24,25). The molecule has 1 aliphatic rings. The molecule has 1 saturated heterocycles. The molecule has 1 heterocycles.